The number of carbonyl (C=O) groups is 1. The van der Waals surface area contributed by atoms with E-state index in [1.165, 1.54) is 12.1 Å². The summed E-state index contributed by atoms with van der Waals surface area (Å²) in [5.41, 5.74) is 0.165. The molecule has 0 saturated carbocycles. The largest absolute Gasteiger partial charge is 0.506 e. The number of amides is 1. The lowest BCUT2D eigenvalue weighted by molar-refractivity contribution is -0.137. The highest BCUT2D eigenvalue weighted by molar-refractivity contribution is 5.96. The van der Waals surface area contributed by atoms with Crippen LogP contribution in [0, 0.1) is 0 Å². The molecular weight excluding hydrogens is 365 g/mol. The van der Waals surface area contributed by atoms with Crippen molar-refractivity contribution in [2.45, 2.75) is 6.18 Å². The van der Waals surface area contributed by atoms with Gasteiger partial charge in [-0.15, -0.1) is 0 Å². The van der Waals surface area contributed by atoms with Crippen molar-refractivity contribution in [2.24, 2.45) is 5.10 Å². The van der Waals surface area contributed by atoms with Gasteiger partial charge < -0.3 is 9.52 Å². The van der Waals surface area contributed by atoms with E-state index in [4.69, 9.17) is 4.42 Å². The first-order valence-electron chi connectivity index (χ1n) is 7.53. The van der Waals surface area contributed by atoms with E-state index >= 15 is 0 Å². The summed E-state index contributed by atoms with van der Waals surface area (Å²) in [5.74, 6) is -1.15. The van der Waals surface area contributed by atoms with Crippen molar-refractivity contribution in [2.75, 3.05) is 0 Å². The first kappa shape index (κ1) is 18.2. The zero-order chi connectivity index (χ0) is 19.6. The molecule has 1 amide bonds. The molecule has 6 nitrogen and oxygen atoms in total. The summed E-state index contributed by atoms with van der Waals surface area (Å²) in [6.45, 7) is 0. The van der Waals surface area contributed by atoms with Gasteiger partial charge in [0.1, 0.15) is 16.9 Å². The van der Waals surface area contributed by atoms with Crippen molar-refractivity contribution in [3.8, 4) is 5.75 Å². The Hall–Kier alpha value is -3.62. The molecule has 0 radical (unpaired) electrons. The minimum atomic E-state index is -4.51. The lowest BCUT2D eigenvalue weighted by atomic mass is 10.1. The number of aromatic hydroxyl groups is 1. The van der Waals surface area contributed by atoms with E-state index in [1.807, 2.05) is 0 Å². The monoisotopic (exact) mass is 376 g/mol. The van der Waals surface area contributed by atoms with Gasteiger partial charge in [-0.2, -0.15) is 18.3 Å². The normalized spacial score (nSPS) is 11.8. The number of para-hydroxylation sites is 1. The van der Waals surface area contributed by atoms with E-state index in [-0.39, 0.29) is 27.8 Å². The number of hydrogen-bond acceptors (Lipinski definition) is 5. The minimum Gasteiger partial charge on any atom is -0.506 e. The summed E-state index contributed by atoms with van der Waals surface area (Å²) in [4.78, 5) is 23.8. The van der Waals surface area contributed by atoms with Gasteiger partial charge in [-0.3, -0.25) is 4.79 Å². The van der Waals surface area contributed by atoms with Crippen molar-refractivity contribution in [3.63, 3.8) is 0 Å². The number of nitrogens with zero attached hydrogens (tertiary/aromatic N) is 1. The molecule has 0 fully saturated rings. The summed E-state index contributed by atoms with van der Waals surface area (Å²) in [6, 6.07) is 9.82. The van der Waals surface area contributed by atoms with Crippen LogP contribution in [0.1, 0.15) is 21.5 Å². The molecule has 0 aliphatic rings. The molecular formula is C18H11F3N2O4. The van der Waals surface area contributed by atoms with Gasteiger partial charge in [0.15, 0.2) is 0 Å². The summed E-state index contributed by atoms with van der Waals surface area (Å²) in [6.07, 6.45) is -3.61. The van der Waals surface area contributed by atoms with E-state index in [9.17, 15) is 27.9 Å². The van der Waals surface area contributed by atoms with Crippen LogP contribution >= 0.6 is 0 Å². The van der Waals surface area contributed by atoms with Crippen LogP contribution in [0.5, 0.6) is 5.75 Å². The SMILES string of the molecule is O=C(N/N=C/c1c(O)c2ccccc2oc1=O)c1ccc(C(F)(F)F)cc1. The average molecular weight is 376 g/mol. The maximum atomic E-state index is 12.5. The Morgan fingerprint density at radius 1 is 1.11 bits per heavy atom. The number of benzene rings is 2. The Bertz CT molecular complexity index is 1090. The van der Waals surface area contributed by atoms with Crippen molar-refractivity contribution >= 4 is 23.1 Å². The molecule has 0 atom stereocenters. The van der Waals surface area contributed by atoms with E-state index in [0.717, 1.165) is 30.5 Å². The predicted octanol–water partition coefficient (Wildman–Crippen LogP) is 3.28. The Labute approximate surface area is 149 Å². The number of rotatable bonds is 3. The second kappa shape index (κ2) is 6.94. The fourth-order valence-corrected chi connectivity index (χ4v) is 2.29. The summed E-state index contributed by atoms with van der Waals surface area (Å²) < 4.78 is 42.6. The lowest BCUT2D eigenvalue weighted by Gasteiger charge is -2.06. The van der Waals surface area contributed by atoms with Crippen molar-refractivity contribution in [1.82, 2.24) is 5.43 Å². The maximum Gasteiger partial charge on any atom is 0.416 e. The molecule has 138 valence electrons. The van der Waals surface area contributed by atoms with Gasteiger partial charge in [0.05, 0.1) is 17.2 Å². The highest BCUT2D eigenvalue weighted by Crippen LogP contribution is 2.29. The second-order valence-electron chi connectivity index (χ2n) is 5.42. The van der Waals surface area contributed by atoms with Gasteiger partial charge in [-0.25, -0.2) is 10.2 Å². The van der Waals surface area contributed by atoms with Gasteiger partial charge >= 0.3 is 11.8 Å². The van der Waals surface area contributed by atoms with Crippen LogP contribution in [0.2, 0.25) is 0 Å². The fraction of sp³-hybridized carbons (Fsp3) is 0.0556. The molecule has 9 heteroatoms. The first-order chi connectivity index (χ1) is 12.8. The van der Waals surface area contributed by atoms with Gasteiger partial charge in [-0.05, 0) is 36.4 Å². The molecule has 3 rings (SSSR count). The molecule has 27 heavy (non-hydrogen) atoms. The molecule has 1 heterocycles. The molecule has 2 aromatic carbocycles. The number of carbonyl (C=O) groups excluding carboxylic acids is 1. The molecule has 2 N–H and O–H groups in total. The van der Waals surface area contributed by atoms with Crippen molar-refractivity contribution in [1.29, 1.82) is 0 Å². The lowest BCUT2D eigenvalue weighted by Crippen LogP contribution is -2.19. The summed E-state index contributed by atoms with van der Waals surface area (Å²) >= 11 is 0. The zero-order valence-corrected chi connectivity index (χ0v) is 13.4. The standard InChI is InChI=1S/C18H11F3N2O4/c19-18(20,21)11-7-5-10(6-8-11)16(25)23-22-9-13-15(24)12-3-1-2-4-14(12)27-17(13)26/h1-9,24H,(H,23,25)/b22-9+. The Kier molecular flexibility index (Phi) is 4.68. The Morgan fingerprint density at radius 3 is 2.44 bits per heavy atom. The Morgan fingerprint density at radius 2 is 1.78 bits per heavy atom. The number of hydrogen-bond donors (Lipinski definition) is 2. The average Bonchev–Trinajstić information content (AvgIpc) is 2.63. The highest BCUT2D eigenvalue weighted by atomic mass is 19.4. The van der Waals surface area contributed by atoms with Gasteiger partial charge in [0, 0.05) is 5.56 Å². The first-order valence-corrected chi connectivity index (χ1v) is 7.53. The number of nitrogens with one attached hydrogen (secondary N) is 1. The summed E-state index contributed by atoms with van der Waals surface area (Å²) in [7, 11) is 0. The third-order valence-corrected chi connectivity index (χ3v) is 3.65. The van der Waals surface area contributed by atoms with Crippen molar-refractivity contribution in [3.05, 3.63) is 75.6 Å². The third kappa shape index (κ3) is 3.81. The highest BCUT2D eigenvalue weighted by Gasteiger charge is 2.30. The fourth-order valence-electron chi connectivity index (χ4n) is 2.29. The summed E-state index contributed by atoms with van der Waals surface area (Å²) in [5, 5.41) is 14.0. The molecule has 1 aromatic heterocycles. The van der Waals surface area contributed by atoms with Gasteiger partial charge in [0.2, 0.25) is 0 Å². The minimum absolute atomic E-state index is 0.0603. The van der Waals surface area contributed by atoms with Gasteiger partial charge in [0.25, 0.3) is 5.91 Å². The van der Waals surface area contributed by atoms with Crippen LogP contribution in [-0.2, 0) is 6.18 Å². The van der Waals surface area contributed by atoms with Crippen LogP contribution < -0.4 is 11.1 Å². The molecule has 0 unspecified atom stereocenters. The van der Waals surface area contributed by atoms with E-state index < -0.39 is 23.3 Å². The second-order valence-corrected chi connectivity index (χ2v) is 5.42. The number of fused-ring (bicyclic) bond motifs is 1. The quantitative estimate of drug-likeness (QED) is 0.417. The smallest absolute Gasteiger partial charge is 0.416 e. The topological polar surface area (TPSA) is 91.9 Å². The van der Waals surface area contributed by atoms with Gasteiger partial charge in [-0.1, -0.05) is 12.1 Å². The molecule has 0 spiro atoms. The van der Waals surface area contributed by atoms with Crippen LogP contribution in [0.3, 0.4) is 0 Å². The predicted molar refractivity (Wildman–Crippen MR) is 90.7 cm³/mol. The van der Waals surface area contributed by atoms with E-state index in [2.05, 4.69) is 10.5 Å². The molecule has 0 aliphatic carbocycles. The molecule has 0 aliphatic heterocycles. The van der Waals surface area contributed by atoms with E-state index in [1.54, 1.807) is 12.1 Å². The van der Waals surface area contributed by atoms with Crippen LogP contribution in [-0.4, -0.2) is 17.2 Å². The third-order valence-electron chi connectivity index (χ3n) is 3.65. The molecule has 0 saturated heterocycles. The van der Waals surface area contributed by atoms with Crippen LogP contribution in [0.25, 0.3) is 11.0 Å². The zero-order valence-electron chi connectivity index (χ0n) is 13.4. The van der Waals surface area contributed by atoms with Crippen molar-refractivity contribution < 1.29 is 27.5 Å². The molecule has 3 aromatic rings. The number of halogens is 3. The molecule has 0 bridgehead atoms. The van der Waals surface area contributed by atoms with E-state index in [0.29, 0.717) is 0 Å². The van der Waals surface area contributed by atoms with Crippen LogP contribution in [0.15, 0.2) is 62.8 Å². The van der Waals surface area contributed by atoms with Crippen LogP contribution in [0.4, 0.5) is 13.2 Å². The maximum absolute atomic E-state index is 12.5. The number of hydrazone groups is 1. The number of alkyl halides is 3. The Balaban J connectivity index is 1.79.